The highest BCUT2D eigenvalue weighted by atomic mass is 32.2. The molecule has 6 nitrogen and oxygen atoms in total. The van der Waals surface area contributed by atoms with Crippen LogP contribution in [0.4, 0.5) is 4.79 Å². The summed E-state index contributed by atoms with van der Waals surface area (Å²) in [6.07, 6.45) is 1.16. The van der Waals surface area contributed by atoms with E-state index in [-0.39, 0.29) is 18.5 Å². The standard InChI is InChI=1S/C14H25N3O3S/c1-2-16-4-3-11(9-16)8-15-14(20)17-5-6-21-10-12(17)7-13(18)19/h11-12H,2-10H2,1H3,(H,15,20)(H,18,19). The van der Waals surface area contributed by atoms with E-state index in [0.29, 0.717) is 24.8 Å². The fraction of sp³-hybridized carbons (Fsp3) is 0.857. The number of carboxylic acid groups (broad SMARTS) is 1. The zero-order valence-electron chi connectivity index (χ0n) is 12.6. The Labute approximate surface area is 130 Å². The largest absolute Gasteiger partial charge is 0.481 e. The van der Waals surface area contributed by atoms with Gasteiger partial charge < -0.3 is 20.2 Å². The fourth-order valence-electron chi connectivity index (χ4n) is 2.99. The highest BCUT2D eigenvalue weighted by Crippen LogP contribution is 2.19. The van der Waals surface area contributed by atoms with Crippen molar-refractivity contribution in [2.24, 2.45) is 5.92 Å². The summed E-state index contributed by atoms with van der Waals surface area (Å²) in [6.45, 7) is 6.71. The molecule has 0 bridgehead atoms. The lowest BCUT2D eigenvalue weighted by Crippen LogP contribution is -2.52. The summed E-state index contributed by atoms with van der Waals surface area (Å²) in [4.78, 5) is 27.3. The second kappa shape index (κ2) is 7.89. The van der Waals surface area contributed by atoms with Crippen LogP contribution >= 0.6 is 11.8 Å². The molecule has 0 radical (unpaired) electrons. The number of urea groups is 1. The zero-order chi connectivity index (χ0) is 15.2. The fourth-order valence-corrected chi connectivity index (χ4v) is 4.06. The van der Waals surface area contributed by atoms with Crippen LogP contribution in [0, 0.1) is 5.92 Å². The van der Waals surface area contributed by atoms with Gasteiger partial charge in [0.25, 0.3) is 0 Å². The van der Waals surface area contributed by atoms with Crippen LogP contribution in [0.1, 0.15) is 19.8 Å². The van der Waals surface area contributed by atoms with Gasteiger partial charge in [-0.15, -0.1) is 0 Å². The first kappa shape index (κ1) is 16.4. The summed E-state index contributed by atoms with van der Waals surface area (Å²) in [5.41, 5.74) is 0. The first-order valence-electron chi connectivity index (χ1n) is 7.66. The van der Waals surface area contributed by atoms with Crippen molar-refractivity contribution in [2.45, 2.75) is 25.8 Å². The number of likely N-dealkylation sites (tertiary alicyclic amines) is 1. The van der Waals surface area contributed by atoms with Gasteiger partial charge in [-0.2, -0.15) is 11.8 Å². The molecule has 2 aliphatic heterocycles. The van der Waals surface area contributed by atoms with Crippen LogP contribution in [0.25, 0.3) is 0 Å². The highest BCUT2D eigenvalue weighted by Gasteiger charge is 2.29. The molecule has 0 saturated carbocycles. The number of rotatable bonds is 5. The highest BCUT2D eigenvalue weighted by molar-refractivity contribution is 7.99. The van der Waals surface area contributed by atoms with Crippen molar-refractivity contribution in [1.29, 1.82) is 0 Å². The lowest BCUT2D eigenvalue weighted by Gasteiger charge is -2.34. The topological polar surface area (TPSA) is 72.9 Å². The predicted molar refractivity (Wildman–Crippen MR) is 83.7 cm³/mol. The van der Waals surface area contributed by atoms with Gasteiger partial charge in [-0.3, -0.25) is 4.79 Å². The van der Waals surface area contributed by atoms with Crippen LogP contribution in [0.5, 0.6) is 0 Å². The van der Waals surface area contributed by atoms with Crippen molar-refractivity contribution in [3.63, 3.8) is 0 Å². The number of thioether (sulfide) groups is 1. The van der Waals surface area contributed by atoms with E-state index in [1.165, 1.54) is 0 Å². The van der Waals surface area contributed by atoms with Gasteiger partial charge in [0, 0.05) is 31.1 Å². The lowest BCUT2D eigenvalue weighted by molar-refractivity contribution is -0.137. The molecule has 0 aromatic rings. The van der Waals surface area contributed by atoms with E-state index in [1.54, 1.807) is 16.7 Å². The van der Waals surface area contributed by atoms with Crippen LogP contribution in [0.2, 0.25) is 0 Å². The van der Waals surface area contributed by atoms with Crippen LogP contribution < -0.4 is 5.32 Å². The molecule has 21 heavy (non-hydrogen) atoms. The van der Waals surface area contributed by atoms with Crippen LogP contribution in [-0.2, 0) is 4.79 Å². The Kier molecular flexibility index (Phi) is 6.17. The number of hydrogen-bond donors (Lipinski definition) is 2. The predicted octanol–water partition coefficient (Wildman–Crippen LogP) is 0.930. The zero-order valence-corrected chi connectivity index (χ0v) is 13.4. The number of carboxylic acids is 1. The summed E-state index contributed by atoms with van der Waals surface area (Å²) in [6, 6.07) is -0.284. The van der Waals surface area contributed by atoms with Crippen LogP contribution in [0.3, 0.4) is 0 Å². The number of nitrogens with one attached hydrogen (secondary N) is 1. The second-order valence-electron chi connectivity index (χ2n) is 5.75. The number of nitrogens with zero attached hydrogens (tertiary/aromatic N) is 2. The van der Waals surface area contributed by atoms with Gasteiger partial charge in [-0.05, 0) is 25.4 Å². The van der Waals surface area contributed by atoms with Gasteiger partial charge in [0.2, 0.25) is 0 Å². The summed E-state index contributed by atoms with van der Waals surface area (Å²) in [7, 11) is 0. The molecule has 2 atom stereocenters. The van der Waals surface area contributed by atoms with Crippen molar-refractivity contribution in [3.8, 4) is 0 Å². The minimum absolute atomic E-state index is 0.0352. The molecule has 2 amide bonds. The Hall–Kier alpha value is -0.950. The third kappa shape index (κ3) is 4.78. The minimum atomic E-state index is -0.838. The Morgan fingerprint density at radius 3 is 2.86 bits per heavy atom. The Morgan fingerprint density at radius 1 is 1.38 bits per heavy atom. The molecule has 0 aromatic carbocycles. The molecule has 0 spiro atoms. The average molecular weight is 315 g/mol. The Morgan fingerprint density at radius 2 is 2.19 bits per heavy atom. The smallest absolute Gasteiger partial charge is 0.317 e. The van der Waals surface area contributed by atoms with E-state index < -0.39 is 5.97 Å². The van der Waals surface area contributed by atoms with Crippen LogP contribution in [0.15, 0.2) is 0 Å². The maximum Gasteiger partial charge on any atom is 0.317 e. The van der Waals surface area contributed by atoms with E-state index in [9.17, 15) is 9.59 Å². The quantitative estimate of drug-likeness (QED) is 0.789. The Balaban J connectivity index is 1.79. The molecule has 0 aromatic heterocycles. The number of carbonyl (C=O) groups is 2. The molecule has 7 heteroatoms. The van der Waals surface area contributed by atoms with Gasteiger partial charge >= 0.3 is 12.0 Å². The first-order valence-corrected chi connectivity index (χ1v) is 8.82. The molecule has 120 valence electrons. The number of amides is 2. The van der Waals surface area contributed by atoms with Gasteiger partial charge in [-0.1, -0.05) is 6.92 Å². The molecule has 2 saturated heterocycles. The first-order chi connectivity index (χ1) is 10.1. The van der Waals surface area contributed by atoms with Crippen molar-refractivity contribution < 1.29 is 14.7 Å². The van der Waals surface area contributed by atoms with Gasteiger partial charge in [-0.25, -0.2) is 4.79 Å². The summed E-state index contributed by atoms with van der Waals surface area (Å²) >= 11 is 1.72. The molecule has 2 fully saturated rings. The molecule has 2 heterocycles. The normalized spacial score (nSPS) is 26.8. The van der Waals surface area contributed by atoms with Gasteiger partial charge in [0.05, 0.1) is 12.5 Å². The molecule has 0 aliphatic carbocycles. The maximum atomic E-state index is 12.3. The van der Waals surface area contributed by atoms with E-state index in [0.717, 1.165) is 31.8 Å². The lowest BCUT2D eigenvalue weighted by atomic mass is 10.1. The number of aliphatic carboxylic acids is 1. The van der Waals surface area contributed by atoms with Crippen molar-refractivity contribution in [2.75, 3.05) is 44.2 Å². The van der Waals surface area contributed by atoms with Crippen LogP contribution in [-0.4, -0.2) is 77.2 Å². The van der Waals surface area contributed by atoms with Gasteiger partial charge in [0.1, 0.15) is 0 Å². The molecule has 2 unspecified atom stereocenters. The molecule has 2 rings (SSSR count). The monoisotopic (exact) mass is 315 g/mol. The van der Waals surface area contributed by atoms with Crippen molar-refractivity contribution in [3.05, 3.63) is 0 Å². The third-order valence-electron chi connectivity index (χ3n) is 4.26. The summed E-state index contributed by atoms with van der Waals surface area (Å²) in [5.74, 6) is 1.28. The van der Waals surface area contributed by atoms with E-state index in [4.69, 9.17) is 5.11 Å². The number of carbonyl (C=O) groups excluding carboxylic acids is 1. The van der Waals surface area contributed by atoms with Crippen molar-refractivity contribution >= 4 is 23.8 Å². The minimum Gasteiger partial charge on any atom is -0.481 e. The third-order valence-corrected chi connectivity index (χ3v) is 5.35. The molecule has 2 N–H and O–H groups in total. The molecular formula is C14H25N3O3S. The average Bonchev–Trinajstić information content (AvgIpc) is 2.93. The van der Waals surface area contributed by atoms with E-state index in [1.807, 2.05) is 0 Å². The van der Waals surface area contributed by atoms with Gasteiger partial charge in [0.15, 0.2) is 0 Å². The number of hydrogen-bond acceptors (Lipinski definition) is 4. The molecule has 2 aliphatic rings. The SMILES string of the molecule is CCN1CCC(CNC(=O)N2CCSCC2CC(=O)O)C1. The van der Waals surface area contributed by atoms with Crippen molar-refractivity contribution in [1.82, 2.24) is 15.1 Å². The maximum absolute atomic E-state index is 12.3. The Bertz CT molecular complexity index is 380. The molecular weight excluding hydrogens is 290 g/mol. The van der Waals surface area contributed by atoms with E-state index >= 15 is 0 Å². The van der Waals surface area contributed by atoms with E-state index in [2.05, 4.69) is 17.1 Å². The summed E-state index contributed by atoms with van der Waals surface area (Å²) in [5, 5.41) is 12.0. The summed E-state index contributed by atoms with van der Waals surface area (Å²) < 4.78 is 0. The second-order valence-corrected chi connectivity index (χ2v) is 6.90.